The van der Waals surface area contributed by atoms with Crippen molar-refractivity contribution in [1.29, 1.82) is 0 Å². The van der Waals surface area contributed by atoms with Gasteiger partial charge in [0.15, 0.2) is 0 Å². The van der Waals surface area contributed by atoms with Crippen molar-refractivity contribution in [1.82, 2.24) is 9.29 Å². The molecule has 0 radical (unpaired) electrons. The molecule has 1 N–H and O–H groups in total. The number of nitrogens with zero attached hydrogens (tertiary/aromatic N) is 2. The van der Waals surface area contributed by atoms with Gasteiger partial charge in [0.2, 0.25) is 0 Å². The summed E-state index contributed by atoms with van der Waals surface area (Å²) in [6, 6.07) is 3.47. The molecule has 2 aromatic heterocycles. The van der Waals surface area contributed by atoms with Crippen molar-refractivity contribution in [3.05, 3.63) is 22.5 Å². The van der Waals surface area contributed by atoms with Gasteiger partial charge in [0.1, 0.15) is 4.21 Å². The highest BCUT2D eigenvalue weighted by Gasteiger charge is 2.46. The van der Waals surface area contributed by atoms with E-state index in [9.17, 15) is 13.5 Å². The molecule has 126 valence electrons. The Kier molecular flexibility index (Phi) is 4.63. The molecule has 23 heavy (non-hydrogen) atoms. The maximum atomic E-state index is 13.0. The second-order valence-electron chi connectivity index (χ2n) is 5.79. The molecular formula is C15H20N2O3S3. The van der Waals surface area contributed by atoms with Crippen LogP contribution in [0.5, 0.6) is 0 Å². The lowest BCUT2D eigenvalue weighted by Crippen LogP contribution is -2.49. The van der Waals surface area contributed by atoms with Gasteiger partial charge < -0.3 is 5.11 Å². The van der Waals surface area contributed by atoms with Crippen molar-refractivity contribution >= 4 is 32.7 Å². The molecule has 0 amide bonds. The van der Waals surface area contributed by atoms with E-state index in [2.05, 4.69) is 4.98 Å². The number of thiophene rings is 1. The zero-order valence-electron chi connectivity index (χ0n) is 13.2. The van der Waals surface area contributed by atoms with Crippen LogP contribution < -0.4 is 0 Å². The molecule has 1 atom stereocenters. The first kappa shape index (κ1) is 17.0. The lowest BCUT2D eigenvalue weighted by atomic mass is 9.96. The highest BCUT2D eigenvalue weighted by molar-refractivity contribution is 7.91. The van der Waals surface area contributed by atoms with E-state index >= 15 is 0 Å². The molecule has 0 bridgehead atoms. The monoisotopic (exact) mass is 372 g/mol. The molecule has 1 aliphatic rings. The molecule has 0 spiro atoms. The molecule has 3 heterocycles. The van der Waals surface area contributed by atoms with Crippen LogP contribution in [0.15, 0.2) is 21.7 Å². The van der Waals surface area contributed by atoms with E-state index in [1.807, 2.05) is 25.3 Å². The van der Waals surface area contributed by atoms with E-state index in [1.165, 1.54) is 15.6 Å². The normalized spacial score (nSPS) is 22.7. The maximum Gasteiger partial charge on any atom is 0.253 e. The maximum absolute atomic E-state index is 13.0. The van der Waals surface area contributed by atoms with E-state index in [-0.39, 0.29) is 6.61 Å². The average molecular weight is 373 g/mol. The Morgan fingerprint density at radius 3 is 2.83 bits per heavy atom. The van der Waals surface area contributed by atoms with Crippen LogP contribution in [-0.2, 0) is 10.0 Å². The van der Waals surface area contributed by atoms with Crippen LogP contribution in [0.3, 0.4) is 0 Å². The first-order chi connectivity index (χ1) is 10.9. The Bertz CT molecular complexity index is 791. The van der Waals surface area contributed by atoms with Gasteiger partial charge in [-0.05, 0) is 38.3 Å². The number of thiazole rings is 1. The summed E-state index contributed by atoms with van der Waals surface area (Å²) >= 11 is 2.80. The van der Waals surface area contributed by atoms with Crippen molar-refractivity contribution < 1.29 is 13.5 Å². The van der Waals surface area contributed by atoms with Crippen molar-refractivity contribution in [3.8, 4) is 10.6 Å². The lowest BCUT2D eigenvalue weighted by Gasteiger charge is -2.34. The molecular weight excluding hydrogens is 352 g/mol. The first-order valence-electron chi connectivity index (χ1n) is 7.59. The number of aliphatic hydroxyl groups excluding tert-OH is 1. The van der Waals surface area contributed by atoms with Crippen molar-refractivity contribution in [2.45, 2.75) is 42.9 Å². The predicted molar refractivity (Wildman–Crippen MR) is 93.4 cm³/mol. The molecule has 8 heteroatoms. The Labute approximate surface area is 144 Å². The Morgan fingerprint density at radius 1 is 1.43 bits per heavy atom. The molecule has 0 unspecified atom stereocenters. The minimum atomic E-state index is -3.58. The van der Waals surface area contributed by atoms with Crippen LogP contribution in [0.4, 0.5) is 0 Å². The quantitative estimate of drug-likeness (QED) is 0.875. The van der Waals surface area contributed by atoms with Crippen LogP contribution in [0.25, 0.3) is 10.6 Å². The summed E-state index contributed by atoms with van der Waals surface area (Å²) in [5.74, 6) is 0. The van der Waals surface area contributed by atoms with Crippen LogP contribution in [0.1, 0.15) is 31.2 Å². The van der Waals surface area contributed by atoms with E-state index in [0.717, 1.165) is 22.0 Å². The van der Waals surface area contributed by atoms with Gasteiger partial charge in [0.05, 0.1) is 27.7 Å². The van der Waals surface area contributed by atoms with E-state index in [0.29, 0.717) is 23.6 Å². The van der Waals surface area contributed by atoms with Gasteiger partial charge in [0.25, 0.3) is 10.0 Å². The fourth-order valence-electron chi connectivity index (χ4n) is 3.09. The third-order valence-electron chi connectivity index (χ3n) is 4.48. The van der Waals surface area contributed by atoms with Gasteiger partial charge in [-0.15, -0.1) is 22.7 Å². The Morgan fingerprint density at radius 2 is 2.22 bits per heavy atom. The van der Waals surface area contributed by atoms with Crippen molar-refractivity contribution in [2.24, 2.45) is 0 Å². The fraction of sp³-hybridized carbons (Fsp3) is 0.533. The highest BCUT2D eigenvalue weighted by atomic mass is 32.2. The zero-order valence-corrected chi connectivity index (χ0v) is 15.6. The summed E-state index contributed by atoms with van der Waals surface area (Å²) in [6.45, 7) is 4.20. The third-order valence-corrected chi connectivity index (χ3v) is 8.83. The number of aliphatic hydroxyl groups is 1. The summed E-state index contributed by atoms with van der Waals surface area (Å²) in [7, 11) is -3.58. The lowest BCUT2D eigenvalue weighted by molar-refractivity contribution is 0.117. The largest absolute Gasteiger partial charge is 0.394 e. The number of sulfonamides is 1. The van der Waals surface area contributed by atoms with Crippen LogP contribution >= 0.6 is 22.7 Å². The molecule has 3 rings (SSSR count). The highest BCUT2D eigenvalue weighted by Crippen LogP contribution is 2.40. The smallest absolute Gasteiger partial charge is 0.253 e. The number of hydrogen-bond donors (Lipinski definition) is 1. The first-order valence-corrected chi connectivity index (χ1v) is 10.7. The van der Waals surface area contributed by atoms with Gasteiger partial charge in [-0.2, -0.15) is 4.31 Å². The van der Waals surface area contributed by atoms with Crippen molar-refractivity contribution in [2.75, 3.05) is 13.2 Å². The minimum absolute atomic E-state index is 0.133. The Balaban J connectivity index is 1.96. The second-order valence-corrected chi connectivity index (χ2v) is 10.0. The van der Waals surface area contributed by atoms with Crippen LogP contribution in [0, 0.1) is 6.92 Å². The van der Waals surface area contributed by atoms with Crippen LogP contribution in [-0.4, -0.2) is 41.5 Å². The van der Waals surface area contributed by atoms with E-state index < -0.39 is 15.6 Å². The summed E-state index contributed by atoms with van der Waals surface area (Å²) in [5.41, 5.74) is 0.171. The standard InChI is InChI=1S/C15H20N2O3S3/c1-3-15(10-18)7-4-8-17(15)23(19,20)14-6-5-13(22-14)12-9-21-11(2)16-12/h5-6,9,18H,3-4,7-8,10H2,1-2H3/t15-/m0/s1. The molecule has 0 aromatic carbocycles. The van der Waals surface area contributed by atoms with Gasteiger partial charge in [-0.1, -0.05) is 6.92 Å². The minimum Gasteiger partial charge on any atom is -0.394 e. The summed E-state index contributed by atoms with van der Waals surface area (Å²) in [4.78, 5) is 5.27. The molecule has 1 aliphatic heterocycles. The van der Waals surface area contributed by atoms with Crippen LogP contribution in [0.2, 0.25) is 0 Å². The molecule has 0 aliphatic carbocycles. The zero-order chi connectivity index (χ0) is 16.7. The van der Waals surface area contributed by atoms with E-state index in [4.69, 9.17) is 0 Å². The topological polar surface area (TPSA) is 70.5 Å². The molecule has 2 aromatic rings. The van der Waals surface area contributed by atoms with Gasteiger partial charge in [0, 0.05) is 11.9 Å². The molecule has 0 saturated carbocycles. The van der Waals surface area contributed by atoms with Gasteiger partial charge in [-0.25, -0.2) is 13.4 Å². The Hall–Kier alpha value is -0.800. The number of rotatable bonds is 5. The molecule has 5 nitrogen and oxygen atoms in total. The summed E-state index contributed by atoms with van der Waals surface area (Å²) in [6.07, 6.45) is 2.12. The number of hydrogen-bond acceptors (Lipinski definition) is 6. The predicted octanol–water partition coefficient (Wildman–Crippen LogP) is 3.11. The molecule has 1 fully saturated rings. The summed E-state index contributed by atoms with van der Waals surface area (Å²) < 4.78 is 27.9. The third kappa shape index (κ3) is 2.87. The molecule has 1 saturated heterocycles. The van der Waals surface area contributed by atoms with Crippen molar-refractivity contribution in [3.63, 3.8) is 0 Å². The number of aryl methyl sites for hydroxylation is 1. The summed E-state index contributed by atoms with van der Waals surface area (Å²) in [5, 5.41) is 12.7. The number of aromatic nitrogens is 1. The van der Waals surface area contributed by atoms with Gasteiger partial charge in [-0.3, -0.25) is 0 Å². The van der Waals surface area contributed by atoms with Gasteiger partial charge >= 0.3 is 0 Å². The fourth-order valence-corrected chi connectivity index (χ4v) is 7.05. The van der Waals surface area contributed by atoms with E-state index in [1.54, 1.807) is 17.4 Å². The second kappa shape index (κ2) is 6.25. The SMILES string of the molecule is CC[C@@]1(CO)CCCN1S(=O)(=O)c1ccc(-c2csc(C)n2)s1. The average Bonchev–Trinajstić information content (AvgIpc) is 3.26.